The number of carbonyl (C=O) groups excluding carboxylic acids is 12. The number of nitrogens with one attached hydrogen (secondary N) is 11. The smallest absolute Gasteiger partial charge is 0.161 e. The number of nitrogens with zero attached hydrogens (tertiary/aromatic N) is 4. The molecule has 4 aliphatic rings. The molecule has 36 heteroatoms. The van der Waals surface area contributed by atoms with Gasteiger partial charge in [0.15, 0.2) is 17.3 Å². The minimum absolute atomic E-state index is 0.00329. The molecule has 2 aromatic carbocycles. The highest BCUT2D eigenvalue weighted by molar-refractivity contribution is 5.96. The number of hydrogen-bond acceptors (Lipinski definition) is 36. The number of ketones is 12. The molecule has 720 valence electrons. The summed E-state index contributed by atoms with van der Waals surface area (Å²) in [7, 11) is 22.1. The monoisotopic (exact) mass is 1760 g/mol. The third-order valence-electron chi connectivity index (χ3n) is 20.5. The highest BCUT2D eigenvalue weighted by Gasteiger charge is 2.35. The Labute approximate surface area is 745 Å². The molecule has 0 aromatic heterocycles. The van der Waals surface area contributed by atoms with Crippen molar-refractivity contribution < 1.29 is 57.5 Å². The van der Waals surface area contributed by atoms with E-state index in [0.29, 0.717) is 75.4 Å². The molecule has 0 spiro atoms. The second-order valence-corrected chi connectivity index (χ2v) is 31.5. The summed E-state index contributed by atoms with van der Waals surface area (Å²) in [4.78, 5) is 137. The molecule has 29 N–H and O–H groups in total. The van der Waals surface area contributed by atoms with Crippen LogP contribution in [-0.4, -0.2) is 338 Å². The number of carbonyl (C=O) groups is 12. The van der Waals surface area contributed by atoms with Crippen LogP contribution in [0.5, 0.6) is 0 Å². The number of hydrogen-bond donors (Lipinski definition) is 20. The van der Waals surface area contributed by atoms with Crippen LogP contribution in [0.15, 0.2) is 42.5 Å². The van der Waals surface area contributed by atoms with Crippen molar-refractivity contribution in [3.63, 3.8) is 0 Å². The zero-order chi connectivity index (χ0) is 96.6. The fourth-order valence-corrected chi connectivity index (χ4v) is 12.6. The van der Waals surface area contributed by atoms with Crippen molar-refractivity contribution in [2.45, 2.75) is 239 Å². The van der Waals surface area contributed by atoms with Gasteiger partial charge in [-0.25, -0.2) is 0 Å². The molecule has 6 rings (SSSR count). The van der Waals surface area contributed by atoms with Crippen molar-refractivity contribution in [1.82, 2.24) is 72.8 Å². The lowest BCUT2D eigenvalue weighted by Gasteiger charge is -2.34. The molecule has 0 radical (unpaired) electrons. The average Bonchev–Trinajstić information content (AvgIpc) is 1.21. The minimum Gasteiger partial charge on any atom is -0.399 e. The van der Waals surface area contributed by atoms with Gasteiger partial charge in [0.25, 0.3) is 0 Å². The molecule has 124 heavy (non-hydrogen) atoms. The van der Waals surface area contributed by atoms with E-state index in [4.69, 9.17) is 51.6 Å². The van der Waals surface area contributed by atoms with Gasteiger partial charge in [-0.3, -0.25) is 83.0 Å². The maximum absolute atomic E-state index is 11.3. The fraction of sp³-hybridized carbons (Fsp3) is 0.727. The Morgan fingerprint density at radius 1 is 0.524 bits per heavy atom. The van der Waals surface area contributed by atoms with Crippen molar-refractivity contribution in [3.05, 3.63) is 53.6 Å². The summed E-state index contributed by atoms with van der Waals surface area (Å²) in [6.07, 6.45) is 12.7. The maximum atomic E-state index is 11.3. The number of likely N-dealkylation sites (N-methyl/N-ethyl adjacent to an activating group) is 10. The van der Waals surface area contributed by atoms with E-state index in [1.54, 1.807) is 123 Å². The molecule has 4 aliphatic heterocycles. The molecule has 4 heterocycles. The van der Waals surface area contributed by atoms with Gasteiger partial charge >= 0.3 is 0 Å². The highest BCUT2D eigenvalue weighted by atomic mass is 16.2. The van der Waals surface area contributed by atoms with Crippen LogP contribution in [0.3, 0.4) is 0 Å². The summed E-state index contributed by atoms with van der Waals surface area (Å²) >= 11 is 0. The van der Waals surface area contributed by atoms with Crippen molar-refractivity contribution in [3.8, 4) is 0 Å². The SMILES string of the molecule is CC(=O)C1CC(N)CN1C.CC(=O)C1NCCN1C.CC(=O)CN(C)C1CCNCC1.CC(=O)CN(C)CCN.CNC(CCCN)C(C)=O.CNC(CCN)C(C)=O.CNC(CN)C(C)=O.CNC(Cc1ccc(N)cc1)C(C)=O.CNC(N)C(C)=O.CNC1(C(C)=O)CCNCC1.CN[C@@H](CCCCN)CCC(C)=O.CNc1cc(N)cc(C(C)=O)c1. The first kappa shape index (κ1) is 128. The molecule has 4 saturated heterocycles. The second kappa shape index (κ2) is 79.4. The largest absolute Gasteiger partial charge is 0.399 e. The number of likely N-dealkylation sites (tertiary alicyclic amines) is 1. The quantitative estimate of drug-likeness (QED) is 0.0179. The number of Topliss-reactive ketones (excluding diaryl/α,β-unsaturated/α-hetero) is 12. The topological polar surface area (TPSA) is 584 Å². The van der Waals surface area contributed by atoms with Gasteiger partial charge in [-0.2, -0.15) is 0 Å². The molecule has 0 bridgehead atoms. The van der Waals surface area contributed by atoms with Crippen LogP contribution < -0.4 is 110 Å². The lowest BCUT2D eigenvalue weighted by Crippen LogP contribution is -2.55. The van der Waals surface area contributed by atoms with Gasteiger partial charge in [0.1, 0.15) is 64.4 Å². The van der Waals surface area contributed by atoms with Crippen LogP contribution in [0.25, 0.3) is 0 Å². The summed E-state index contributed by atoms with van der Waals surface area (Å²) in [6, 6.07) is 13.9. The molecule has 8 unspecified atom stereocenters. The molecule has 0 amide bonds. The molecular formula is C88H176N24O12. The molecule has 9 atom stereocenters. The fourth-order valence-electron chi connectivity index (χ4n) is 12.6. The second-order valence-electron chi connectivity index (χ2n) is 31.5. The Hall–Kier alpha value is -6.96. The molecule has 2 aromatic rings. The van der Waals surface area contributed by atoms with Crippen molar-refractivity contribution >= 4 is 86.5 Å². The molecular weight excluding hydrogens is 1590 g/mol. The van der Waals surface area contributed by atoms with Crippen molar-refractivity contribution in [1.29, 1.82) is 0 Å². The normalized spacial score (nSPS) is 16.9. The lowest BCUT2D eigenvalue weighted by atomic mass is 9.85. The Bertz CT molecular complexity index is 3200. The molecule has 4 fully saturated rings. The van der Waals surface area contributed by atoms with E-state index in [9.17, 15) is 57.5 Å². The summed E-state index contributed by atoms with van der Waals surface area (Å²) in [5.74, 6) is 2.01. The first-order valence-corrected chi connectivity index (χ1v) is 43.4. The highest BCUT2D eigenvalue weighted by Crippen LogP contribution is 2.20. The first-order valence-electron chi connectivity index (χ1n) is 43.4. The number of nitrogen functional groups attached to an aromatic ring is 2. The minimum atomic E-state index is -0.486. The Balaban J connectivity index is -0.000000308. The van der Waals surface area contributed by atoms with Gasteiger partial charge in [-0.05, 0) is 319 Å². The number of benzene rings is 2. The standard InChI is InChI=1S/C11H16N2O.C10H22N2O.C9H12N2O.C9H18N2O.C8H16N2O.C7H14N2O.C7H16N2O.C6H12N2O.2C6H14N2O.C5H12N2O.C4H10N2O/c1-8(14)11(13-2)7-9-3-5-10(12)6-4-9;1-9(13)6-7-10(12-2)5-3-4-8-11;1-6(12)7-3-8(10)5-9(4-7)11-2;1-8(12)7-11(2)9-3-5-10-6-4-9;1-7(11)8(9-2)3-5-10-6-4-8;1-5(10)7-3-6(8)4-9(7)2;1-6(10)7(9-2)4-3-5-8;1-5(9)6-7-3-4-8(6)2;1-6(9)5-8(2)4-3-7;1-5(9)6(8-2)3-4-7;1-4(8)5(3-6)7-2;1-3(7)4(5)6-2/h3-6,11,13H,7,12H2,1-2H3;10,12H,3-8,11H2,1-2H3;3-5,11H,10H2,1-2H3;9-10H,3-7H2,1-2H3;9-10H,3-6H2,1-2H3;6-7H,3-4,8H2,1-2H3;7,9H,3-5,8H2,1-2H3;6-7H,3-4H2,1-2H3;3-5,7H2,1-2H3;6,8H,3-4,7H2,1-2H3;5,7H,3,6H2,1-2H3;4,6H,5H2,1-2H3/t;10-;;;;;;;;;;/m.0........../s1. The molecule has 36 nitrogen and oxygen atoms in total. The predicted molar refractivity (Wildman–Crippen MR) is 509 cm³/mol. The molecule has 0 aliphatic carbocycles. The summed E-state index contributed by atoms with van der Waals surface area (Å²) < 4.78 is 0. The van der Waals surface area contributed by atoms with Gasteiger partial charge in [-0.1, -0.05) is 18.6 Å². The van der Waals surface area contributed by atoms with Crippen LogP contribution in [0.1, 0.15) is 182 Å². The number of anilines is 3. The van der Waals surface area contributed by atoms with Gasteiger partial charge < -0.3 is 104 Å². The van der Waals surface area contributed by atoms with E-state index in [1.807, 2.05) is 81.3 Å². The summed E-state index contributed by atoms with van der Waals surface area (Å²) in [5.41, 5.74) is 52.1. The first-order chi connectivity index (χ1) is 58.2. The van der Waals surface area contributed by atoms with Crippen molar-refractivity contribution in [2.75, 3.05) is 200 Å². The Morgan fingerprint density at radius 2 is 1.03 bits per heavy atom. The number of rotatable bonds is 39. The number of piperidine rings is 2. The van der Waals surface area contributed by atoms with Crippen LogP contribution >= 0.6 is 0 Å². The van der Waals surface area contributed by atoms with Gasteiger partial charge in [0.05, 0.1) is 48.8 Å². The van der Waals surface area contributed by atoms with E-state index >= 15 is 0 Å². The van der Waals surface area contributed by atoms with E-state index in [2.05, 4.69) is 63.4 Å². The predicted octanol–water partition coefficient (Wildman–Crippen LogP) is -0.124. The third kappa shape index (κ3) is 68.3. The van der Waals surface area contributed by atoms with Gasteiger partial charge in [-0.15, -0.1) is 0 Å². The average molecular weight is 1760 g/mol. The Kier molecular flexibility index (Phi) is 81.9. The van der Waals surface area contributed by atoms with Gasteiger partial charge in [0.2, 0.25) is 0 Å². The number of nitrogens with two attached hydrogens (primary N) is 9. The third-order valence-corrected chi connectivity index (χ3v) is 20.5. The van der Waals surface area contributed by atoms with E-state index in [0.717, 1.165) is 140 Å². The van der Waals surface area contributed by atoms with Crippen molar-refractivity contribution in [2.24, 2.45) is 40.1 Å². The maximum Gasteiger partial charge on any atom is 0.161 e. The van der Waals surface area contributed by atoms with E-state index in [-0.39, 0.29) is 117 Å². The summed E-state index contributed by atoms with van der Waals surface area (Å²) in [5, 5.41) is 33.1. The van der Waals surface area contributed by atoms with Crippen LogP contribution in [0.4, 0.5) is 17.1 Å². The van der Waals surface area contributed by atoms with Gasteiger partial charge in [0, 0.05) is 93.5 Å². The van der Waals surface area contributed by atoms with Crippen LogP contribution in [0.2, 0.25) is 0 Å². The number of unbranched alkanes of at least 4 members (excludes halogenated alkanes) is 1. The molecule has 0 saturated carbocycles. The van der Waals surface area contributed by atoms with E-state index in [1.165, 1.54) is 33.6 Å². The lowest BCUT2D eigenvalue weighted by molar-refractivity contribution is -0.124. The summed E-state index contributed by atoms with van der Waals surface area (Å²) in [6.45, 7) is 30.7. The van der Waals surface area contributed by atoms with Crippen LogP contribution in [0, 0.1) is 0 Å². The Morgan fingerprint density at radius 3 is 1.34 bits per heavy atom. The van der Waals surface area contributed by atoms with Crippen LogP contribution in [-0.2, 0) is 59.2 Å². The van der Waals surface area contributed by atoms with E-state index < -0.39 is 6.17 Å². The zero-order valence-corrected chi connectivity index (χ0v) is 80.7. The zero-order valence-electron chi connectivity index (χ0n) is 80.7.